The molecule has 2 aromatic rings. The van der Waals surface area contributed by atoms with Crippen LogP contribution in [0.1, 0.15) is 16.7 Å². The Hall–Kier alpha value is -1.98. The summed E-state index contributed by atoms with van der Waals surface area (Å²) in [5, 5.41) is 6.90. The quantitative estimate of drug-likeness (QED) is 0.703. The second-order valence-electron chi connectivity index (χ2n) is 5.86. The van der Waals surface area contributed by atoms with Crippen LogP contribution in [-0.4, -0.2) is 19.2 Å². The molecule has 3 nitrogen and oxygen atoms in total. The molecule has 0 bridgehead atoms. The van der Waals surface area contributed by atoms with Crippen molar-refractivity contribution in [2.24, 2.45) is 0 Å². The highest BCUT2D eigenvalue weighted by molar-refractivity contribution is 7.80. The number of benzene rings is 2. The van der Waals surface area contributed by atoms with Crippen LogP contribution in [0, 0.1) is 5.82 Å². The highest BCUT2D eigenvalue weighted by Gasteiger charge is 2.00. The number of hydrogen-bond donors (Lipinski definition) is 3. The fraction of sp³-hybridized carbons (Fsp3) is 0.278. The second-order valence-corrected chi connectivity index (χ2v) is 6.27. The third-order valence-corrected chi connectivity index (χ3v) is 3.69. The molecule has 0 heterocycles. The van der Waals surface area contributed by atoms with Gasteiger partial charge in [-0.3, -0.25) is 0 Å². The van der Waals surface area contributed by atoms with Crippen molar-refractivity contribution in [2.75, 3.05) is 14.1 Å². The van der Waals surface area contributed by atoms with Gasteiger partial charge in [0.05, 0.1) is 14.1 Å². The molecule has 2 rings (SSSR count). The zero-order valence-corrected chi connectivity index (χ0v) is 14.3. The third kappa shape index (κ3) is 6.34. The fourth-order valence-corrected chi connectivity index (χ4v) is 2.36. The van der Waals surface area contributed by atoms with Crippen molar-refractivity contribution in [2.45, 2.75) is 19.6 Å². The molecule has 0 amide bonds. The average molecular weight is 332 g/mol. The molecular formula is C18H23FN3S+. The molecule has 0 aliphatic heterocycles. The third-order valence-electron chi connectivity index (χ3n) is 3.40. The first kappa shape index (κ1) is 17.4. The van der Waals surface area contributed by atoms with Crippen LogP contribution in [0.5, 0.6) is 0 Å². The molecule has 3 N–H and O–H groups in total. The van der Waals surface area contributed by atoms with Crippen LogP contribution < -0.4 is 15.5 Å². The lowest BCUT2D eigenvalue weighted by Gasteiger charge is -2.11. The number of rotatable bonds is 6. The molecule has 0 saturated carbocycles. The number of thiocarbonyl (C=S) groups is 1. The van der Waals surface area contributed by atoms with Crippen molar-refractivity contribution < 1.29 is 9.29 Å². The first-order valence-corrected chi connectivity index (χ1v) is 8.07. The lowest BCUT2D eigenvalue weighted by molar-refractivity contribution is -0.872. The summed E-state index contributed by atoms with van der Waals surface area (Å²) in [5.74, 6) is -0.228. The summed E-state index contributed by atoms with van der Waals surface area (Å²) in [6.07, 6.45) is 0. The molecule has 122 valence electrons. The molecule has 0 unspecified atom stereocenters. The van der Waals surface area contributed by atoms with E-state index in [1.54, 1.807) is 12.1 Å². The van der Waals surface area contributed by atoms with Gasteiger partial charge in [-0.15, -0.1) is 0 Å². The summed E-state index contributed by atoms with van der Waals surface area (Å²) >= 11 is 5.26. The monoisotopic (exact) mass is 332 g/mol. The summed E-state index contributed by atoms with van der Waals surface area (Å²) < 4.78 is 12.8. The van der Waals surface area contributed by atoms with Gasteiger partial charge in [0, 0.05) is 18.7 Å². The van der Waals surface area contributed by atoms with Gasteiger partial charge in [-0.1, -0.05) is 36.4 Å². The van der Waals surface area contributed by atoms with E-state index < -0.39 is 0 Å². The van der Waals surface area contributed by atoms with Gasteiger partial charge >= 0.3 is 0 Å². The van der Waals surface area contributed by atoms with Crippen LogP contribution >= 0.6 is 12.2 Å². The van der Waals surface area contributed by atoms with Crippen LogP contribution in [-0.2, 0) is 19.6 Å². The fourth-order valence-electron chi connectivity index (χ4n) is 2.21. The molecule has 5 heteroatoms. The van der Waals surface area contributed by atoms with Crippen LogP contribution in [0.3, 0.4) is 0 Å². The van der Waals surface area contributed by atoms with Gasteiger partial charge in [0.2, 0.25) is 0 Å². The van der Waals surface area contributed by atoms with E-state index in [1.165, 1.54) is 28.2 Å². The predicted octanol–water partition coefficient (Wildman–Crippen LogP) is 1.63. The lowest BCUT2D eigenvalue weighted by atomic mass is 10.1. The van der Waals surface area contributed by atoms with Crippen molar-refractivity contribution in [1.29, 1.82) is 0 Å². The van der Waals surface area contributed by atoms with E-state index in [2.05, 4.69) is 49.0 Å². The maximum absolute atomic E-state index is 12.8. The smallest absolute Gasteiger partial charge is 0.166 e. The van der Waals surface area contributed by atoms with E-state index >= 15 is 0 Å². The summed E-state index contributed by atoms with van der Waals surface area (Å²) in [6, 6.07) is 14.9. The van der Waals surface area contributed by atoms with Gasteiger partial charge in [-0.05, 0) is 35.5 Å². The minimum Gasteiger partial charge on any atom is -0.359 e. The van der Waals surface area contributed by atoms with Crippen LogP contribution in [0.25, 0.3) is 0 Å². The summed E-state index contributed by atoms with van der Waals surface area (Å²) in [4.78, 5) is 1.40. The second kappa shape index (κ2) is 8.60. The highest BCUT2D eigenvalue weighted by atomic mass is 32.1. The molecule has 23 heavy (non-hydrogen) atoms. The minimum absolute atomic E-state index is 0.228. The molecule has 0 aliphatic rings. The Morgan fingerprint density at radius 2 is 1.30 bits per heavy atom. The zero-order valence-electron chi connectivity index (χ0n) is 13.5. The van der Waals surface area contributed by atoms with Gasteiger partial charge in [0.1, 0.15) is 12.4 Å². The van der Waals surface area contributed by atoms with Gasteiger partial charge in [0.15, 0.2) is 5.11 Å². The molecule has 0 spiro atoms. The highest BCUT2D eigenvalue weighted by Crippen LogP contribution is 2.04. The minimum atomic E-state index is -0.228. The Balaban J connectivity index is 1.74. The van der Waals surface area contributed by atoms with Crippen molar-refractivity contribution >= 4 is 17.3 Å². The van der Waals surface area contributed by atoms with Crippen LogP contribution in [0.2, 0.25) is 0 Å². The normalized spacial score (nSPS) is 10.6. The Bertz CT molecular complexity index is 624. The van der Waals surface area contributed by atoms with Crippen molar-refractivity contribution in [3.8, 4) is 0 Å². The molecule has 0 aliphatic carbocycles. The van der Waals surface area contributed by atoms with Crippen LogP contribution in [0.4, 0.5) is 4.39 Å². The van der Waals surface area contributed by atoms with Gasteiger partial charge < -0.3 is 15.5 Å². The molecule has 0 radical (unpaired) electrons. The molecular weight excluding hydrogens is 309 g/mol. The molecule has 2 aromatic carbocycles. The predicted molar refractivity (Wildman–Crippen MR) is 95.6 cm³/mol. The Labute approximate surface area is 142 Å². The van der Waals surface area contributed by atoms with Gasteiger partial charge in [0.25, 0.3) is 0 Å². The maximum Gasteiger partial charge on any atom is 0.166 e. The Kier molecular flexibility index (Phi) is 6.50. The first-order valence-electron chi connectivity index (χ1n) is 7.66. The largest absolute Gasteiger partial charge is 0.359 e. The van der Waals surface area contributed by atoms with E-state index in [1.807, 2.05) is 0 Å². The molecule has 0 aromatic heterocycles. The van der Waals surface area contributed by atoms with E-state index in [0.29, 0.717) is 18.2 Å². The summed E-state index contributed by atoms with van der Waals surface area (Å²) in [5.41, 5.74) is 3.50. The number of quaternary nitrogens is 1. The SMILES string of the molecule is C[NH+](C)Cc1ccc(CNC(=S)NCc2ccc(F)cc2)cc1. The maximum atomic E-state index is 12.8. The molecule has 0 fully saturated rings. The average Bonchev–Trinajstić information content (AvgIpc) is 2.53. The van der Waals surface area contributed by atoms with Gasteiger partial charge in [-0.25, -0.2) is 4.39 Å². The summed E-state index contributed by atoms with van der Waals surface area (Å²) in [6.45, 7) is 2.28. The summed E-state index contributed by atoms with van der Waals surface area (Å²) in [7, 11) is 4.28. The Morgan fingerprint density at radius 3 is 1.78 bits per heavy atom. The number of halogens is 1. The van der Waals surface area contributed by atoms with E-state index in [4.69, 9.17) is 12.2 Å². The topological polar surface area (TPSA) is 28.5 Å². The van der Waals surface area contributed by atoms with Gasteiger partial charge in [-0.2, -0.15) is 0 Å². The van der Waals surface area contributed by atoms with Crippen molar-refractivity contribution in [3.63, 3.8) is 0 Å². The lowest BCUT2D eigenvalue weighted by Crippen LogP contribution is -3.04. The standard InChI is InChI=1S/C18H22FN3S/c1-22(2)13-16-5-3-14(4-6-16)11-20-18(23)21-12-15-7-9-17(19)10-8-15/h3-10H,11-13H2,1-2H3,(H2,20,21,23)/p+1. The number of nitrogens with one attached hydrogen (secondary N) is 3. The molecule has 0 atom stereocenters. The van der Waals surface area contributed by atoms with Crippen molar-refractivity contribution in [3.05, 3.63) is 71.0 Å². The number of hydrogen-bond acceptors (Lipinski definition) is 1. The van der Waals surface area contributed by atoms with E-state index in [-0.39, 0.29) is 5.82 Å². The van der Waals surface area contributed by atoms with Crippen molar-refractivity contribution in [1.82, 2.24) is 10.6 Å². The zero-order chi connectivity index (χ0) is 16.7. The van der Waals surface area contributed by atoms with E-state index in [0.717, 1.165) is 12.1 Å². The Morgan fingerprint density at radius 1 is 0.870 bits per heavy atom. The first-order chi connectivity index (χ1) is 11.0. The molecule has 0 saturated heterocycles. The van der Waals surface area contributed by atoms with Crippen LogP contribution in [0.15, 0.2) is 48.5 Å². The van der Waals surface area contributed by atoms with E-state index in [9.17, 15) is 4.39 Å².